The normalized spacial score (nSPS) is 11.2. The second-order valence-electron chi connectivity index (χ2n) is 7.53. The quantitative estimate of drug-likeness (QED) is 0.355. The molecular formula is C24H23Cl3N2O4S. The molecule has 3 aromatic carbocycles. The molecule has 0 saturated carbocycles. The fraction of sp³-hybridized carbons (Fsp3) is 0.208. The van der Waals surface area contributed by atoms with Gasteiger partial charge in [-0.05, 0) is 61.9 Å². The van der Waals surface area contributed by atoms with Crippen LogP contribution in [0, 0.1) is 13.8 Å². The fourth-order valence-corrected chi connectivity index (χ4v) is 4.88. The summed E-state index contributed by atoms with van der Waals surface area (Å²) in [5, 5.41) is 3.71. The van der Waals surface area contributed by atoms with Crippen molar-refractivity contribution in [1.29, 1.82) is 0 Å². The number of amides is 1. The smallest absolute Gasteiger partial charge is 0.264 e. The van der Waals surface area contributed by atoms with Gasteiger partial charge in [0, 0.05) is 5.02 Å². The van der Waals surface area contributed by atoms with Gasteiger partial charge in [-0.3, -0.25) is 9.10 Å². The first-order chi connectivity index (χ1) is 16.1. The minimum atomic E-state index is -4.05. The van der Waals surface area contributed by atoms with Crippen LogP contribution in [-0.4, -0.2) is 34.0 Å². The second-order valence-corrected chi connectivity index (χ2v) is 10.6. The molecule has 0 aliphatic rings. The Kier molecular flexibility index (Phi) is 8.71. The second kappa shape index (κ2) is 11.3. The molecule has 0 aliphatic carbocycles. The minimum Gasteiger partial charge on any atom is -0.492 e. The van der Waals surface area contributed by atoms with E-state index in [4.69, 9.17) is 39.5 Å². The number of benzene rings is 3. The molecule has 0 aliphatic heterocycles. The zero-order chi connectivity index (χ0) is 24.9. The van der Waals surface area contributed by atoms with E-state index in [1.807, 2.05) is 19.9 Å². The maximum Gasteiger partial charge on any atom is 0.264 e. The zero-order valence-electron chi connectivity index (χ0n) is 18.5. The van der Waals surface area contributed by atoms with E-state index in [9.17, 15) is 13.2 Å². The maximum atomic E-state index is 13.4. The summed E-state index contributed by atoms with van der Waals surface area (Å²) in [4.78, 5) is 12.7. The molecule has 10 heteroatoms. The lowest BCUT2D eigenvalue weighted by Crippen LogP contribution is -2.42. The van der Waals surface area contributed by atoms with Gasteiger partial charge in [0.25, 0.3) is 10.0 Å². The third-order valence-corrected chi connectivity index (χ3v) is 7.86. The average Bonchev–Trinajstić information content (AvgIpc) is 2.79. The van der Waals surface area contributed by atoms with E-state index in [2.05, 4.69) is 5.32 Å². The van der Waals surface area contributed by atoms with Gasteiger partial charge in [-0.1, -0.05) is 58.6 Å². The predicted octanol–water partition coefficient (Wildman–Crippen LogP) is 5.65. The molecule has 0 unspecified atom stereocenters. The molecule has 0 atom stereocenters. The van der Waals surface area contributed by atoms with Crippen LogP contribution in [0.5, 0.6) is 5.75 Å². The number of aryl methyl sites for hydroxylation is 2. The van der Waals surface area contributed by atoms with Crippen LogP contribution < -0.4 is 14.4 Å². The maximum absolute atomic E-state index is 13.4. The number of rotatable bonds is 9. The monoisotopic (exact) mass is 540 g/mol. The van der Waals surface area contributed by atoms with E-state index in [0.29, 0.717) is 10.8 Å². The number of hydrogen-bond donors (Lipinski definition) is 1. The standard InChI is InChI=1S/C24H23Cl3N2O4S/c1-16-3-8-20(9-4-16)34(31,32)29(18-6-10-21(25)23(27)13-18)15-24(30)28-11-12-33-19-7-5-17(2)22(26)14-19/h3-10,13-14H,11-12,15H2,1-2H3,(H,28,30). The van der Waals surface area contributed by atoms with E-state index in [1.54, 1.807) is 24.3 Å². The van der Waals surface area contributed by atoms with Gasteiger partial charge < -0.3 is 10.1 Å². The van der Waals surface area contributed by atoms with Gasteiger partial charge in [0.1, 0.15) is 18.9 Å². The van der Waals surface area contributed by atoms with Crippen LogP contribution in [0.4, 0.5) is 5.69 Å². The number of carbonyl (C=O) groups is 1. The number of ether oxygens (including phenoxy) is 1. The first-order valence-corrected chi connectivity index (χ1v) is 12.9. The van der Waals surface area contributed by atoms with Crippen molar-refractivity contribution in [3.05, 3.63) is 86.9 Å². The lowest BCUT2D eigenvalue weighted by molar-refractivity contribution is -0.119. The molecule has 6 nitrogen and oxygen atoms in total. The number of nitrogens with one attached hydrogen (secondary N) is 1. The summed E-state index contributed by atoms with van der Waals surface area (Å²) in [6, 6.07) is 16.1. The molecule has 0 radical (unpaired) electrons. The molecule has 0 bridgehead atoms. The predicted molar refractivity (Wildman–Crippen MR) is 137 cm³/mol. The highest BCUT2D eigenvalue weighted by Crippen LogP contribution is 2.30. The summed E-state index contributed by atoms with van der Waals surface area (Å²) in [5.74, 6) is 0.0662. The average molecular weight is 542 g/mol. The molecule has 180 valence electrons. The Bertz CT molecular complexity index is 1280. The Labute approximate surface area is 214 Å². The number of carbonyl (C=O) groups excluding carboxylic acids is 1. The Morgan fingerprint density at radius 1 is 0.912 bits per heavy atom. The summed E-state index contributed by atoms with van der Waals surface area (Å²) in [6.07, 6.45) is 0. The lowest BCUT2D eigenvalue weighted by Gasteiger charge is -2.24. The van der Waals surface area contributed by atoms with E-state index >= 15 is 0 Å². The summed E-state index contributed by atoms with van der Waals surface area (Å²) in [7, 11) is -4.05. The van der Waals surface area contributed by atoms with Gasteiger partial charge in [-0.25, -0.2) is 8.42 Å². The molecular weight excluding hydrogens is 519 g/mol. The number of nitrogens with zero attached hydrogens (tertiary/aromatic N) is 1. The van der Waals surface area contributed by atoms with E-state index in [0.717, 1.165) is 15.4 Å². The summed E-state index contributed by atoms with van der Waals surface area (Å²) < 4.78 is 33.4. The topological polar surface area (TPSA) is 75.7 Å². The van der Waals surface area contributed by atoms with Crippen LogP contribution in [0.2, 0.25) is 15.1 Å². The minimum absolute atomic E-state index is 0.0524. The molecule has 0 aromatic heterocycles. The highest BCUT2D eigenvalue weighted by molar-refractivity contribution is 7.92. The molecule has 0 heterocycles. The highest BCUT2D eigenvalue weighted by atomic mass is 35.5. The molecule has 1 N–H and O–H groups in total. The highest BCUT2D eigenvalue weighted by Gasteiger charge is 2.27. The first-order valence-electron chi connectivity index (χ1n) is 10.3. The van der Waals surface area contributed by atoms with Crippen LogP contribution in [0.3, 0.4) is 0 Å². The van der Waals surface area contributed by atoms with E-state index in [1.165, 1.54) is 30.3 Å². The molecule has 3 aromatic rings. The van der Waals surface area contributed by atoms with Crippen molar-refractivity contribution in [1.82, 2.24) is 5.32 Å². The van der Waals surface area contributed by atoms with Gasteiger partial charge in [0.2, 0.25) is 5.91 Å². The molecule has 3 rings (SSSR count). The van der Waals surface area contributed by atoms with Gasteiger partial charge >= 0.3 is 0 Å². The first kappa shape index (κ1) is 26.2. The summed E-state index contributed by atoms with van der Waals surface area (Å²) in [6.45, 7) is 3.64. The lowest BCUT2D eigenvalue weighted by atomic mass is 10.2. The number of anilines is 1. The molecule has 0 spiro atoms. The zero-order valence-corrected chi connectivity index (χ0v) is 21.6. The third-order valence-electron chi connectivity index (χ3n) is 4.92. The number of halogens is 3. The Morgan fingerprint density at radius 3 is 2.26 bits per heavy atom. The Balaban J connectivity index is 1.73. The van der Waals surface area contributed by atoms with Gasteiger partial charge in [0.15, 0.2) is 0 Å². The Hall–Kier alpha value is -2.45. The van der Waals surface area contributed by atoms with Gasteiger partial charge in [-0.2, -0.15) is 0 Å². The van der Waals surface area contributed by atoms with Crippen LogP contribution in [0.15, 0.2) is 65.6 Å². The van der Waals surface area contributed by atoms with Gasteiger partial charge in [-0.15, -0.1) is 0 Å². The third kappa shape index (κ3) is 6.57. The van der Waals surface area contributed by atoms with Crippen molar-refractivity contribution in [3.8, 4) is 5.75 Å². The largest absolute Gasteiger partial charge is 0.492 e. The number of sulfonamides is 1. The van der Waals surface area contributed by atoms with Crippen LogP contribution in [0.1, 0.15) is 11.1 Å². The SMILES string of the molecule is Cc1ccc(S(=O)(=O)N(CC(=O)NCCOc2ccc(C)c(Cl)c2)c2ccc(Cl)c(Cl)c2)cc1. The van der Waals surface area contributed by atoms with Crippen molar-refractivity contribution in [2.45, 2.75) is 18.7 Å². The van der Waals surface area contributed by atoms with Crippen molar-refractivity contribution >= 4 is 56.4 Å². The van der Waals surface area contributed by atoms with Crippen molar-refractivity contribution < 1.29 is 17.9 Å². The summed E-state index contributed by atoms with van der Waals surface area (Å²) >= 11 is 18.2. The molecule has 0 fully saturated rings. The van der Waals surface area contributed by atoms with Crippen LogP contribution in [-0.2, 0) is 14.8 Å². The van der Waals surface area contributed by atoms with Gasteiger partial charge in [0.05, 0.1) is 27.2 Å². The van der Waals surface area contributed by atoms with Crippen molar-refractivity contribution in [3.63, 3.8) is 0 Å². The van der Waals surface area contributed by atoms with Crippen LogP contribution in [0.25, 0.3) is 0 Å². The molecule has 1 amide bonds. The van der Waals surface area contributed by atoms with Crippen molar-refractivity contribution in [2.24, 2.45) is 0 Å². The van der Waals surface area contributed by atoms with E-state index < -0.39 is 22.5 Å². The van der Waals surface area contributed by atoms with E-state index in [-0.39, 0.29) is 33.8 Å². The Morgan fingerprint density at radius 2 is 1.62 bits per heavy atom. The fourth-order valence-electron chi connectivity index (χ4n) is 3.00. The van der Waals surface area contributed by atoms with Crippen molar-refractivity contribution in [2.75, 3.05) is 24.0 Å². The molecule has 34 heavy (non-hydrogen) atoms. The summed E-state index contributed by atoms with van der Waals surface area (Å²) in [5.41, 5.74) is 2.06. The number of hydrogen-bond acceptors (Lipinski definition) is 4. The van der Waals surface area contributed by atoms with Crippen LogP contribution >= 0.6 is 34.8 Å². The molecule has 0 saturated heterocycles.